The Hall–Kier alpha value is -1.61. The van der Waals surface area contributed by atoms with Crippen LogP contribution in [0.5, 0.6) is 0 Å². The highest BCUT2D eigenvalue weighted by molar-refractivity contribution is 5.34. The third kappa shape index (κ3) is 2.27. The molecule has 1 fully saturated rings. The molecule has 0 unspecified atom stereocenters. The highest BCUT2D eigenvalue weighted by Crippen LogP contribution is 2.39. The van der Waals surface area contributed by atoms with Crippen LogP contribution in [0.1, 0.15) is 48.2 Å². The number of benzene rings is 1. The number of aromatic nitrogens is 2. The van der Waals surface area contributed by atoms with Gasteiger partial charge in [-0.15, -0.1) is 0 Å². The van der Waals surface area contributed by atoms with E-state index >= 15 is 0 Å². The third-order valence-corrected chi connectivity index (χ3v) is 4.55. The summed E-state index contributed by atoms with van der Waals surface area (Å²) < 4.78 is 2.10. The molecule has 0 spiro atoms. The Kier molecular flexibility index (Phi) is 3.38. The number of rotatable bonds is 3. The summed E-state index contributed by atoms with van der Waals surface area (Å²) in [6, 6.07) is 10.5. The molecule has 0 amide bonds. The molecule has 0 aliphatic heterocycles. The largest absolute Gasteiger partial charge is 0.321 e. The Morgan fingerprint density at radius 2 is 1.80 bits per heavy atom. The van der Waals surface area contributed by atoms with Crippen molar-refractivity contribution >= 4 is 0 Å². The Morgan fingerprint density at radius 1 is 1.15 bits per heavy atom. The Morgan fingerprint density at radius 3 is 2.45 bits per heavy atom. The van der Waals surface area contributed by atoms with E-state index in [1.54, 1.807) is 0 Å². The van der Waals surface area contributed by atoms with Crippen molar-refractivity contribution in [1.29, 1.82) is 0 Å². The summed E-state index contributed by atoms with van der Waals surface area (Å²) in [5, 5.41) is 4.73. The van der Waals surface area contributed by atoms with Crippen molar-refractivity contribution in [2.24, 2.45) is 5.73 Å². The van der Waals surface area contributed by atoms with Crippen LogP contribution in [0.25, 0.3) is 0 Å². The third-order valence-electron chi connectivity index (χ3n) is 4.55. The molecule has 2 N–H and O–H groups in total. The van der Waals surface area contributed by atoms with Gasteiger partial charge >= 0.3 is 0 Å². The Labute approximate surface area is 120 Å². The molecule has 0 atom stereocenters. The van der Waals surface area contributed by atoms with Crippen LogP contribution in [-0.4, -0.2) is 9.78 Å². The lowest BCUT2D eigenvalue weighted by atomic mass is 9.88. The summed E-state index contributed by atoms with van der Waals surface area (Å²) in [7, 11) is 0. The fourth-order valence-corrected chi connectivity index (χ4v) is 3.58. The second kappa shape index (κ2) is 5.06. The van der Waals surface area contributed by atoms with Crippen molar-refractivity contribution in [3.8, 4) is 0 Å². The number of hydrogen-bond donors (Lipinski definition) is 1. The smallest absolute Gasteiger partial charge is 0.0662 e. The molecule has 0 radical (unpaired) electrons. The second-order valence-corrected chi connectivity index (χ2v) is 6.05. The van der Waals surface area contributed by atoms with Crippen molar-refractivity contribution < 1.29 is 0 Å². The van der Waals surface area contributed by atoms with E-state index in [4.69, 9.17) is 10.8 Å². The standard InChI is InChI=1S/C17H23N3/c1-13-16(17(18)10-6-7-11-17)14(2)20(19-13)12-15-8-4-3-5-9-15/h3-5,8-9H,6-7,10-12,18H2,1-2H3. The first-order valence-electron chi connectivity index (χ1n) is 7.47. The second-order valence-electron chi connectivity index (χ2n) is 6.05. The topological polar surface area (TPSA) is 43.8 Å². The quantitative estimate of drug-likeness (QED) is 0.929. The lowest BCUT2D eigenvalue weighted by Crippen LogP contribution is -2.34. The number of hydrogen-bond acceptors (Lipinski definition) is 2. The molecule has 1 aliphatic carbocycles. The Bertz CT molecular complexity index is 592. The van der Waals surface area contributed by atoms with E-state index in [1.807, 2.05) is 6.07 Å². The van der Waals surface area contributed by atoms with Gasteiger partial charge in [0, 0.05) is 16.8 Å². The average molecular weight is 269 g/mol. The zero-order valence-electron chi connectivity index (χ0n) is 12.4. The van der Waals surface area contributed by atoms with Crippen LogP contribution in [-0.2, 0) is 12.1 Å². The van der Waals surface area contributed by atoms with Crippen molar-refractivity contribution in [1.82, 2.24) is 9.78 Å². The van der Waals surface area contributed by atoms with Gasteiger partial charge in [-0.3, -0.25) is 4.68 Å². The Balaban J connectivity index is 1.95. The average Bonchev–Trinajstić information content (AvgIpc) is 2.97. The molecule has 3 rings (SSSR count). The minimum Gasteiger partial charge on any atom is -0.321 e. The molecule has 3 heteroatoms. The first-order chi connectivity index (χ1) is 9.60. The normalized spacial score (nSPS) is 17.6. The summed E-state index contributed by atoms with van der Waals surface area (Å²) >= 11 is 0. The van der Waals surface area contributed by atoms with Crippen LogP contribution in [0.4, 0.5) is 0 Å². The van der Waals surface area contributed by atoms with E-state index < -0.39 is 0 Å². The van der Waals surface area contributed by atoms with Crippen molar-refractivity contribution in [3.05, 3.63) is 52.8 Å². The van der Waals surface area contributed by atoms with E-state index in [0.717, 1.165) is 25.1 Å². The van der Waals surface area contributed by atoms with Gasteiger partial charge in [0.05, 0.1) is 12.2 Å². The van der Waals surface area contributed by atoms with Gasteiger partial charge in [0.15, 0.2) is 0 Å². The van der Waals surface area contributed by atoms with E-state index in [0.29, 0.717) is 0 Å². The predicted octanol–water partition coefficient (Wildman–Crippen LogP) is 3.28. The summed E-state index contributed by atoms with van der Waals surface area (Å²) in [6.45, 7) is 5.07. The summed E-state index contributed by atoms with van der Waals surface area (Å²) in [6.07, 6.45) is 4.65. The van der Waals surface area contributed by atoms with Gasteiger partial charge in [-0.2, -0.15) is 5.10 Å². The van der Waals surface area contributed by atoms with E-state index in [2.05, 4.69) is 42.8 Å². The maximum Gasteiger partial charge on any atom is 0.0662 e. The molecule has 3 nitrogen and oxygen atoms in total. The highest BCUT2D eigenvalue weighted by Gasteiger charge is 2.35. The van der Waals surface area contributed by atoms with Gasteiger partial charge in [0.2, 0.25) is 0 Å². The molecule has 1 saturated carbocycles. The molecular weight excluding hydrogens is 246 g/mol. The lowest BCUT2D eigenvalue weighted by molar-refractivity contribution is 0.455. The first kappa shape index (κ1) is 13.4. The summed E-state index contributed by atoms with van der Waals surface area (Å²) in [4.78, 5) is 0. The number of nitrogens with two attached hydrogens (primary N) is 1. The van der Waals surface area contributed by atoms with Gasteiger partial charge in [-0.1, -0.05) is 43.2 Å². The zero-order valence-corrected chi connectivity index (χ0v) is 12.4. The summed E-state index contributed by atoms with van der Waals surface area (Å²) in [5.74, 6) is 0. The number of aryl methyl sites for hydroxylation is 1. The molecule has 0 bridgehead atoms. The minimum absolute atomic E-state index is 0.150. The van der Waals surface area contributed by atoms with Gasteiger partial charge < -0.3 is 5.73 Å². The van der Waals surface area contributed by atoms with Gasteiger partial charge in [0.1, 0.15) is 0 Å². The lowest BCUT2D eigenvalue weighted by Gasteiger charge is -2.24. The van der Waals surface area contributed by atoms with Crippen LogP contribution in [0, 0.1) is 13.8 Å². The maximum absolute atomic E-state index is 6.64. The van der Waals surface area contributed by atoms with Crippen LogP contribution < -0.4 is 5.73 Å². The SMILES string of the molecule is Cc1nn(Cc2ccccc2)c(C)c1C1(N)CCCC1. The molecule has 106 valence electrons. The van der Waals surface area contributed by atoms with Crippen LogP contribution >= 0.6 is 0 Å². The zero-order chi connectivity index (χ0) is 14.2. The van der Waals surface area contributed by atoms with Crippen LogP contribution in [0.3, 0.4) is 0 Å². The molecule has 0 saturated heterocycles. The fraction of sp³-hybridized carbons (Fsp3) is 0.471. The molecule has 1 aliphatic rings. The molecule has 1 aromatic heterocycles. The predicted molar refractivity (Wildman–Crippen MR) is 81.6 cm³/mol. The molecule has 2 aromatic rings. The molecule has 20 heavy (non-hydrogen) atoms. The monoisotopic (exact) mass is 269 g/mol. The van der Waals surface area contributed by atoms with E-state index in [1.165, 1.54) is 29.7 Å². The molecule has 1 heterocycles. The molecular formula is C17H23N3. The first-order valence-corrected chi connectivity index (χ1v) is 7.47. The van der Waals surface area contributed by atoms with Gasteiger partial charge in [-0.05, 0) is 32.3 Å². The number of nitrogens with zero attached hydrogens (tertiary/aromatic N) is 2. The van der Waals surface area contributed by atoms with Crippen molar-refractivity contribution in [2.75, 3.05) is 0 Å². The fourth-order valence-electron chi connectivity index (χ4n) is 3.58. The van der Waals surface area contributed by atoms with Crippen LogP contribution in [0.2, 0.25) is 0 Å². The van der Waals surface area contributed by atoms with Gasteiger partial charge in [-0.25, -0.2) is 0 Å². The molecule has 1 aromatic carbocycles. The highest BCUT2D eigenvalue weighted by atomic mass is 15.3. The minimum atomic E-state index is -0.150. The summed E-state index contributed by atoms with van der Waals surface area (Å²) in [5.41, 5.74) is 11.4. The van der Waals surface area contributed by atoms with Crippen LogP contribution in [0.15, 0.2) is 30.3 Å². The van der Waals surface area contributed by atoms with Crippen molar-refractivity contribution in [3.63, 3.8) is 0 Å². The van der Waals surface area contributed by atoms with Gasteiger partial charge in [0.25, 0.3) is 0 Å². The van der Waals surface area contributed by atoms with E-state index in [9.17, 15) is 0 Å². The maximum atomic E-state index is 6.64. The van der Waals surface area contributed by atoms with Crippen molar-refractivity contribution in [2.45, 2.75) is 51.6 Å². The van der Waals surface area contributed by atoms with E-state index in [-0.39, 0.29) is 5.54 Å².